The number of nitrogens with zero attached hydrogens (tertiary/aromatic N) is 1. The summed E-state index contributed by atoms with van der Waals surface area (Å²) in [5.41, 5.74) is -2.01. The quantitative estimate of drug-likeness (QED) is 0.751. The maximum absolute atomic E-state index is 10.9. The number of rotatable bonds is 5. The van der Waals surface area contributed by atoms with Crippen molar-refractivity contribution in [2.24, 2.45) is 0 Å². The second-order valence-electron chi connectivity index (χ2n) is 7.30. The van der Waals surface area contributed by atoms with E-state index in [1.165, 1.54) is 0 Å². The van der Waals surface area contributed by atoms with Crippen molar-refractivity contribution in [3.8, 4) is 5.75 Å². The average molecular weight is 356 g/mol. The largest absolute Gasteiger partial charge is 0.490 e. The van der Waals surface area contributed by atoms with Gasteiger partial charge < -0.3 is 20.1 Å². The normalized spacial score (nSPS) is 30.4. The van der Waals surface area contributed by atoms with Crippen LogP contribution in [-0.4, -0.2) is 63.8 Å². The highest BCUT2D eigenvalue weighted by atomic mass is 35.5. The Labute approximate surface area is 147 Å². The molecule has 0 spiro atoms. The Morgan fingerprint density at radius 1 is 1.25 bits per heavy atom. The van der Waals surface area contributed by atoms with Crippen molar-refractivity contribution in [3.05, 3.63) is 29.3 Å². The second-order valence-corrected chi connectivity index (χ2v) is 7.73. The number of likely N-dealkylation sites (tertiary alicyclic amines) is 1. The first-order valence-electron chi connectivity index (χ1n) is 8.62. The molecule has 0 amide bonds. The zero-order valence-electron chi connectivity index (χ0n) is 13.8. The van der Waals surface area contributed by atoms with E-state index in [1.807, 2.05) is 4.90 Å². The van der Waals surface area contributed by atoms with E-state index in [0.29, 0.717) is 30.3 Å². The molecule has 1 aliphatic heterocycles. The van der Waals surface area contributed by atoms with Gasteiger partial charge in [-0.1, -0.05) is 30.5 Å². The van der Waals surface area contributed by atoms with E-state index in [-0.39, 0.29) is 13.2 Å². The molecule has 0 unspecified atom stereocenters. The maximum atomic E-state index is 10.9. The predicted octanol–water partition coefficient (Wildman–Crippen LogP) is 1.82. The van der Waals surface area contributed by atoms with E-state index in [9.17, 15) is 15.3 Å². The molecule has 2 aliphatic rings. The fourth-order valence-corrected chi connectivity index (χ4v) is 3.97. The first-order valence-corrected chi connectivity index (χ1v) is 9.00. The molecule has 0 radical (unpaired) electrons. The van der Waals surface area contributed by atoms with E-state index in [4.69, 9.17) is 16.3 Å². The van der Waals surface area contributed by atoms with Gasteiger partial charge in [-0.2, -0.15) is 0 Å². The predicted molar refractivity (Wildman–Crippen MR) is 92.4 cm³/mol. The summed E-state index contributed by atoms with van der Waals surface area (Å²) in [7, 11) is 0. The Balaban J connectivity index is 1.61. The summed E-state index contributed by atoms with van der Waals surface area (Å²) in [5.74, 6) is 0.565. The van der Waals surface area contributed by atoms with E-state index >= 15 is 0 Å². The number of β-amino-alcohol motifs (C(OH)–C–C–N with tert-alkyl or cyclic N) is 2. The lowest BCUT2D eigenvalue weighted by molar-refractivity contribution is -0.147. The molecule has 1 saturated carbocycles. The lowest BCUT2D eigenvalue weighted by Gasteiger charge is -2.44. The van der Waals surface area contributed by atoms with Crippen LogP contribution in [0.4, 0.5) is 0 Å². The van der Waals surface area contributed by atoms with Gasteiger partial charge in [-0.25, -0.2) is 0 Å². The summed E-state index contributed by atoms with van der Waals surface area (Å²) in [6, 6.07) is 6.98. The Morgan fingerprint density at radius 3 is 2.71 bits per heavy atom. The third-order valence-corrected chi connectivity index (χ3v) is 5.41. The highest BCUT2D eigenvalue weighted by Gasteiger charge is 2.44. The highest BCUT2D eigenvalue weighted by Crippen LogP contribution is 2.32. The minimum atomic E-state index is -1.35. The van der Waals surface area contributed by atoms with Gasteiger partial charge in [-0.15, -0.1) is 0 Å². The molecule has 2 atom stereocenters. The van der Waals surface area contributed by atoms with Gasteiger partial charge in [0.15, 0.2) is 0 Å². The van der Waals surface area contributed by atoms with Crippen LogP contribution in [-0.2, 0) is 0 Å². The van der Waals surface area contributed by atoms with Gasteiger partial charge in [0.25, 0.3) is 0 Å². The van der Waals surface area contributed by atoms with Crippen LogP contribution in [0.2, 0.25) is 5.02 Å². The molecule has 134 valence electrons. The number of piperidine rings is 1. The monoisotopic (exact) mass is 355 g/mol. The van der Waals surface area contributed by atoms with Gasteiger partial charge in [0.1, 0.15) is 18.0 Å². The smallest absolute Gasteiger partial charge is 0.137 e. The molecule has 0 aromatic heterocycles. The third kappa shape index (κ3) is 4.21. The van der Waals surface area contributed by atoms with Gasteiger partial charge in [0.05, 0.1) is 11.7 Å². The molecule has 1 saturated heterocycles. The molecule has 24 heavy (non-hydrogen) atoms. The SMILES string of the molecule is O[C@H]1CCN(CC2(O)CCCC2)C[C@]1(O)COc1cccc(Cl)c1. The first kappa shape index (κ1) is 18.0. The summed E-state index contributed by atoms with van der Waals surface area (Å²) in [4.78, 5) is 2.04. The van der Waals surface area contributed by atoms with Crippen molar-refractivity contribution in [2.75, 3.05) is 26.2 Å². The number of aliphatic hydroxyl groups excluding tert-OH is 1. The van der Waals surface area contributed by atoms with Crippen LogP contribution in [0, 0.1) is 0 Å². The Kier molecular flexibility index (Phi) is 5.37. The molecule has 6 heteroatoms. The highest BCUT2D eigenvalue weighted by molar-refractivity contribution is 6.30. The summed E-state index contributed by atoms with van der Waals surface area (Å²) in [6.45, 7) is 1.49. The standard InChI is InChI=1S/C18H26ClNO4/c19-14-4-3-5-15(10-14)24-13-18(23)12-20(9-6-16(18)21)11-17(22)7-1-2-8-17/h3-5,10,16,21-23H,1-2,6-9,11-13H2/t16-,18-/m0/s1. The zero-order chi connectivity index (χ0) is 17.2. The number of benzene rings is 1. The molecule has 3 N–H and O–H groups in total. The van der Waals surface area contributed by atoms with Gasteiger partial charge in [-0.3, -0.25) is 4.90 Å². The maximum Gasteiger partial charge on any atom is 0.137 e. The van der Waals surface area contributed by atoms with Crippen LogP contribution >= 0.6 is 11.6 Å². The van der Waals surface area contributed by atoms with E-state index in [2.05, 4.69) is 0 Å². The fraction of sp³-hybridized carbons (Fsp3) is 0.667. The molecular weight excluding hydrogens is 330 g/mol. The number of ether oxygens (including phenoxy) is 1. The Hall–Kier alpha value is -0.850. The topological polar surface area (TPSA) is 73.2 Å². The lowest BCUT2D eigenvalue weighted by atomic mass is 9.89. The fourth-order valence-electron chi connectivity index (χ4n) is 3.79. The van der Waals surface area contributed by atoms with Crippen LogP contribution in [0.1, 0.15) is 32.1 Å². The number of hydrogen-bond acceptors (Lipinski definition) is 5. The van der Waals surface area contributed by atoms with Crippen molar-refractivity contribution >= 4 is 11.6 Å². The summed E-state index contributed by atoms with van der Waals surface area (Å²) in [6.07, 6.45) is 3.34. The van der Waals surface area contributed by atoms with Crippen molar-refractivity contribution in [2.45, 2.75) is 49.4 Å². The molecule has 5 nitrogen and oxygen atoms in total. The molecule has 1 aliphatic carbocycles. The summed E-state index contributed by atoms with van der Waals surface area (Å²) in [5, 5.41) is 32.3. The molecule has 0 bridgehead atoms. The third-order valence-electron chi connectivity index (χ3n) is 5.17. The summed E-state index contributed by atoms with van der Waals surface area (Å²) >= 11 is 5.94. The van der Waals surface area contributed by atoms with Crippen LogP contribution in [0.15, 0.2) is 24.3 Å². The Morgan fingerprint density at radius 2 is 2.00 bits per heavy atom. The van der Waals surface area contributed by atoms with Gasteiger partial charge >= 0.3 is 0 Å². The molecule has 2 fully saturated rings. The van der Waals surface area contributed by atoms with Crippen LogP contribution < -0.4 is 4.74 Å². The minimum absolute atomic E-state index is 0.0105. The average Bonchev–Trinajstić information content (AvgIpc) is 2.96. The molecular formula is C18H26ClNO4. The van der Waals surface area contributed by atoms with E-state index in [1.54, 1.807) is 24.3 Å². The van der Waals surface area contributed by atoms with Crippen molar-refractivity contribution in [1.82, 2.24) is 4.90 Å². The zero-order valence-corrected chi connectivity index (χ0v) is 14.6. The number of halogens is 1. The number of aliphatic hydroxyl groups is 3. The van der Waals surface area contributed by atoms with E-state index in [0.717, 1.165) is 25.7 Å². The lowest BCUT2D eigenvalue weighted by Crippen LogP contribution is -2.61. The van der Waals surface area contributed by atoms with Crippen molar-refractivity contribution in [3.63, 3.8) is 0 Å². The first-order chi connectivity index (χ1) is 11.4. The summed E-state index contributed by atoms with van der Waals surface area (Å²) < 4.78 is 5.66. The number of hydrogen-bond donors (Lipinski definition) is 3. The molecule has 3 rings (SSSR count). The van der Waals surface area contributed by atoms with Crippen molar-refractivity contribution < 1.29 is 20.1 Å². The minimum Gasteiger partial charge on any atom is -0.490 e. The molecule has 1 aromatic carbocycles. The van der Waals surface area contributed by atoms with Crippen LogP contribution in [0.3, 0.4) is 0 Å². The molecule has 1 aromatic rings. The van der Waals surface area contributed by atoms with Crippen LogP contribution in [0.5, 0.6) is 5.75 Å². The van der Waals surface area contributed by atoms with Gasteiger partial charge in [0, 0.05) is 24.7 Å². The van der Waals surface area contributed by atoms with Gasteiger partial charge in [-0.05, 0) is 37.5 Å². The second kappa shape index (κ2) is 7.18. The van der Waals surface area contributed by atoms with Gasteiger partial charge in [0.2, 0.25) is 0 Å². The van der Waals surface area contributed by atoms with E-state index < -0.39 is 17.3 Å². The Bertz CT molecular complexity index is 564. The molecule has 1 heterocycles. The van der Waals surface area contributed by atoms with Crippen LogP contribution in [0.25, 0.3) is 0 Å². The van der Waals surface area contributed by atoms with Crippen molar-refractivity contribution in [1.29, 1.82) is 0 Å².